The molecule has 5 rings (SSSR count). The van der Waals surface area contributed by atoms with E-state index in [1.165, 1.54) is 70.6 Å². The Morgan fingerprint density at radius 2 is 1.42 bits per heavy atom. The molecule has 5 N–H and O–H groups in total. The molecule has 0 aromatic rings. The Balaban J connectivity index is 1.29. The summed E-state index contributed by atoms with van der Waals surface area (Å²) in [5.41, 5.74) is 7.47. The Labute approximate surface area is 233 Å². The van der Waals surface area contributed by atoms with Gasteiger partial charge in [0.15, 0.2) is 0 Å². The van der Waals surface area contributed by atoms with Crippen LogP contribution in [0, 0.1) is 63.1 Å². The first-order valence-electron chi connectivity index (χ1n) is 16.5. The smallest absolute Gasteiger partial charge is 0.107 e. The molecule has 5 saturated carbocycles. The predicted molar refractivity (Wildman–Crippen MR) is 155 cm³/mol. The van der Waals surface area contributed by atoms with Crippen LogP contribution in [0.1, 0.15) is 125 Å². The molecule has 0 radical (unpaired) electrons. The number of aliphatic hydroxyl groups is 3. The van der Waals surface area contributed by atoms with Crippen LogP contribution < -0.4 is 5.73 Å². The molecule has 13 atom stereocenters. The average molecular weight is 532 g/mol. The number of aliphatic hydroxyl groups excluding tert-OH is 3. The minimum absolute atomic E-state index is 0.0162. The number of hydrogen-bond acceptors (Lipinski definition) is 4. The molecule has 6 unspecified atom stereocenters. The van der Waals surface area contributed by atoms with Crippen LogP contribution in [0.25, 0.3) is 0 Å². The van der Waals surface area contributed by atoms with E-state index in [1.54, 1.807) is 0 Å². The summed E-state index contributed by atoms with van der Waals surface area (Å²) >= 11 is 0. The van der Waals surface area contributed by atoms with E-state index in [0.29, 0.717) is 34.0 Å². The second-order valence-corrected chi connectivity index (χ2v) is 16.5. The van der Waals surface area contributed by atoms with Crippen LogP contribution in [0.4, 0.5) is 0 Å². The van der Waals surface area contributed by atoms with Crippen molar-refractivity contribution in [3.8, 4) is 0 Å². The van der Waals surface area contributed by atoms with Crippen LogP contribution in [0.15, 0.2) is 0 Å². The molecule has 0 aliphatic heterocycles. The summed E-state index contributed by atoms with van der Waals surface area (Å²) in [5, 5.41) is 30.4. The standard InChI is InChI=1S/C34H61NO3/c1-21(8-12-26(36)30(38)27(37)20-35)22-9-10-24-23(22)14-18-33(5)25(24)11-13-29-32(4)17-7-16-31(2,3)28(32)15-19-34(29,33)6/h21-30,36-38H,7-20,35H2,1-6H3/t21?,22-,23?,24?,25?,26-,27+,28?,29?,30-,32+,33-,34-/m1/s1. The largest absolute Gasteiger partial charge is 0.390 e. The van der Waals surface area contributed by atoms with Crippen molar-refractivity contribution in [3.63, 3.8) is 0 Å². The summed E-state index contributed by atoms with van der Waals surface area (Å²) in [5.74, 6) is 5.67. The highest BCUT2D eigenvalue weighted by Gasteiger charge is 2.68. The van der Waals surface area contributed by atoms with Gasteiger partial charge in [-0.2, -0.15) is 0 Å². The number of fused-ring (bicyclic) bond motifs is 7. The van der Waals surface area contributed by atoms with Crippen LogP contribution >= 0.6 is 0 Å². The molecule has 5 aliphatic rings. The minimum Gasteiger partial charge on any atom is -0.390 e. The third-order valence-electron chi connectivity index (χ3n) is 14.8. The fraction of sp³-hybridized carbons (Fsp3) is 1.00. The van der Waals surface area contributed by atoms with Crippen LogP contribution in [-0.2, 0) is 0 Å². The fourth-order valence-electron chi connectivity index (χ4n) is 12.7. The van der Waals surface area contributed by atoms with Crippen LogP contribution in [0.2, 0.25) is 0 Å². The summed E-state index contributed by atoms with van der Waals surface area (Å²) < 4.78 is 0. The first kappa shape index (κ1) is 29.3. The lowest BCUT2D eigenvalue weighted by atomic mass is 9.33. The van der Waals surface area contributed by atoms with Crippen molar-refractivity contribution in [1.29, 1.82) is 0 Å². The molecule has 4 nitrogen and oxygen atoms in total. The van der Waals surface area contributed by atoms with Crippen molar-refractivity contribution in [2.45, 2.75) is 143 Å². The zero-order valence-corrected chi connectivity index (χ0v) is 25.6. The summed E-state index contributed by atoms with van der Waals surface area (Å²) in [6.45, 7) is 15.7. The van der Waals surface area contributed by atoms with E-state index in [9.17, 15) is 15.3 Å². The van der Waals surface area contributed by atoms with E-state index in [2.05, 4.69) is 41.5 Å². The Hall–Kier alpha value is -0.160. The summed E-state index contributed by atoms with van der Waals surface area (Å²) in [6, 6.07) is 0. The van der Waals surface area contributed by atoms with Gasteiger partial charge in [0.25, 0.3) is 0 Å². The van der Waals surface area contributed by atoms with Crippen LogP contribution in [0.3, 0.4) is 0 Å². The molecular formula is C34H61NO3. The monoisotopic (exact) mass is 531 g/mol. The number of rotatable bonds is 7. The molecule has 220 valence electrons. The van der Waals surface area contributed by atoms with E-state index < -0.39 is 18.3 Å². The summed E-state index contributed by atoms with van der Waals surface area (Å²) in [7, 11) is 0. The van der Waals surface area contributed by atoms with Gasteiger partial charge in [-0.15, -0.1) is 0 Å². The lowest BCUT2D eigenvalue weighted by Crippen LogP contribution is -2.64. The normalized spacial score (nSPS) is 49.1. The highest BCUT2D eigenvalue weighted by Crippen LogP contribution is 2.75. The van der Waals surface area contributed by atoms with Crippen molar-refractivity contribution >= 4 is 0 Å². The lowest BCUT2D eigenvalue weighted by Gasteiger charge is -2.71. The number of hydrogen-bond donors (Lipinski definition) is 4. The topological polar surface area (TPSA) is 86.7 Å². The summed E-state index contributed by atoms with van der Waals surface area (Å²) in [4.78, 5) is 0. The van der Waals surface area contributed by atoms with Crippen molar-refractivity contribution < 1.29 is 15.3 Å². The molecule has 0 saturated heterocycles. The SMILES string of the molecule is CC(CC[C@@H](O)[C@@H](O)[C@@H](O)CN)[C@H]1CCC2C1CC[C@]1(C)C2CCC2[C@@]3(C)CCCC(C)(C)C3CC[C@]21C. The maximum Gasteiger partial charge on any atom is 0.107 e. The average Bonchev–Trinajstić information content (AvgIpc) is 3.30. The van der Waals surface area contributed by atoms with Crippen molar-refractivity contribution in [3.05, 3.63) is 0 Å². The minimum atomic E-state index is -1.14. The van der Waals surface area contributed by atoms with E-state index in [4.69, 9.17) is 5.73 Å². The van der Waals surface area contributed by atoms with Crippen molar-refractivity contribution in [2.75, 3.05) is 6.54 Å². The van der Waals surface area contributed by atoms with Crippen LogP contribution in [-0.4, -0.2) is 40.2 Å². The molecule has 38 heavy (non-hydrogen) atoms. The molecule has 0 aromatic carbocycles. The van der Waals surface area contributed by atoms with Gasteiger partial charge in [0.2, 0.25) is 0 Å². The van der Waals surface area contributed by atoms with E-state index in [1.807, 2.05) is 0 Å². The molecule has 0 bridgehead atoms. The Kier molecular flexibility index (Phi) is 7.94. The van der Waals surface area contributed by atoms with Crippen molar-refractivity contribution in [2.24, 2.45) is 68.8 Å². The van der Waals surface area contributed by atoms with Gasteiger partial charge in [0, 0.05) is 6.54 Å². The molecule has 4 heteroatoms. The predicted octanol–water partition coefficient (Wildman–Crippen LogP) is 6.55. The Morgan fingerprint density at radius 3 is 2.13 bits per heavy atom. The third-order valence-corrected chi connectivity index (χ3v) is 14.8. The maximum atomic E-state index is 10.4. The molecule has 5 fully saturated rings. The quantitative estimate of drug-likeness (QED) is 0.300. The van der Waals surface area contributed by atoms with Gasteiger partial charge in [0.05, 0.1) is 12.2 Å². The van der Waals surface area contributed by atoms with Crippen molar-refractivity contribution in [1.82, 2.24) is 0 Å². The van der Waals surface area contributed by atoms with Gasteiger partial charge >= 0.3 is 0 Å². The van der Waals surface area contributed by atoms with Gasteiger partial charge in [-0.25, -0.2) is 0 Å². The van der Waals surface area contributed by atoms with Gasteiger partial charge in [-0.3, -0.25) is 0 Å². The highest BCUT2D eigenvalue weighted by atomic mass is 16.4. The van der Waals surface area contributed by atoms with Gasteiger partial charge < -0.3 is 21.1 Å². The second kappa shape index (κ2) is 10.3. The highest BCUT2D eigenvalue weighted by molar-refractivity contribution is 5.16. The Bertz CT molecular complexity index is 846. The second-order valence-electron chi connectivity index (χ2n) is 16.5. The molecule has 0 spiro atoms. The van der Waals surface area contributed by atoms with Crippen LogP contribution in [0.5, 0.6) is 0 Å². The molecule has 0 amide bonds. The fourth-order valence-corrected chi connectivity index (χ4v) is 12.7. The lowest BCUT2D eigenvalue weighted by molar-refractivity contribution is -0.227. The van der Waals surface area contributed by atoms with E-state index >= 15 is 0 Å². The molecule has 0 aromatic heterocycles. The Morgan fingerprint density at radius 1 is 0.711 bits per heavy atom. The maximum absolute atomic E-state index is 10.4. The first-order chi connectivity index (χ1) is 17.8. The van der Waals surface area contributed by atoms with E-state index in [-0.39, 0.29) is 6.54 Å². The van der Waals surface area contributed by atoms with Gasteiger partial charge in [0.1, 0.15) is 6.10 Å². The summed E-state index contributed by atoms with van der Waals surface area (Å²) in [6.07, 6.45) is 14.0. The van der Waals surface area contributed by atoms with Gasteiger partial charge in [-0.05, 0) is 140 Å². The number of nitrogens with two attached hydrogens (primary N) is 1. The molecular weight excluding hydrogens is 470 g/mol. The zero-order chi connectivity index (χ0) is 27.7. The molecule has 5 aliphatic carbocycles. The zero-order valence-electron chi connectivity index (χ0n) is 25.6. The van der Waals surface area contributed by atoms with E-state index in [0.717, 1.165) is 41.9 Å². The third kappa shape index (κ3) is 4.36. The molecule has 0 heterocycles. The first-order valence-corrected chi connectivity index (χ1v) is 16.5. The van der Waals surface area contributed by atoms with Gasteiger partial charge in [-0.1, -0.05) is 48.0 Å².